The van der Waals surface area contributed by atoms with Crippen LogP contribution in [0.3, 0.4) is 0 Å². The Hall–Kier alpha value is -2.84. The minimum absolute atomic E-state index is 0. The van der Waals surface area contributed by atoms with E-state index in [2.05, 4.69) is 15.4 Å². The Labute approximate surface area is 168 Å². The summed E-state index contributed by atoms with van der Waals surface area (Å²) in [5.41, 5.74) is 1.83. The van der Waals surface area contributed by atoms with Gasteiger partial charge in [-0.2, -0.15) is 0 Å². The molecule has 28 heavy (non-hydrogen) atoms. The minimum Gasteiger partial charge on any atom is -0.336 e. The number of aryl methyl sites for hydroxylation is 2. The van der Waals surface area contributed by atoms with Gasteiger partial charge < -0.3 is 14.8 Å². The molecule has 0 saturated carbocycles. The van der Waals surface area contributed by atoms with Crippen molar-refractivity contribution in [3.8, 4) is 5.69 Å². The maximum Gasteiger partial charge on any atom is 0.272 e. The Bertz CT molecular complexity index is 1020. The van der Waals surface area contributed by atoms with Crippen LogP contribution in [0.25, 0.3) is 5.69 Å². The van der Waals surface area contributed by atoms with Crippen LogP contribution in [0.5, 0.6) is 0 Å². The number of piperazine rings is 1. The summed E-state index contributed by atoms with van der Waals surface area (Å²) in [7, 11) is 1.91. The number of imidazole rings is 1. The average molecular weight is 403 g/mol. The van der Waals surface area contributed by atoms with Gasteiger partial charge in [-0.3, -0.25) is 14.7 Å². The van der Waals surface area contributed by atoms with E-state index in [0.29, 0.717) is 25.3 Å². The van der Waals surface area contributed by atoms with Crippen LogP contribution in [-0.2, 0) is 7.05 Å². The van der Waals surface area contributed by atoms with E-state index in [0.717, 1.165) is 11.4 Å². The van der Waals surface area contributed by atoms with Crippen LogP contribution in [0.15, 0.2) is 47.5 Å². The van der Waals surface area contributed by atoms with E-state index in [9.17, 15) is 9.59 Å². The molecular weight excluding hydrogens is 380 g/mol. The highest BCUT2D eigenvalue weighted by molar-refractivity contribution is 5.92. The summed E-state index contributed by atoms with van der Waals surface area (Å²) in [6, 6.07) is 8.73. The maximum absolute atomic E-state index is 13.1. The van der Waals surface area contributed by atoms with Crippen LogP contribution in [0.1, 0.15) is 27.9 Å². The van der Waals surface area contributed by atoms with E-state index < -0.39 is 0 Å². The van der Waals surface area contributed by atoms with Crippen molar-refractivity contribution in [2.24, 2.45) is 7.05 Å². The summed E-state index contributed by atoms with van der Waals surface area (Å²) >= 11 is 0. The van der Waals surface area contributed by atoms with Gasteiger partial charge in [0.15, 0.2) is 0 Å². The van der Waals surface area contributed by atoms with Gasteiger partial charge >= 0.3 is 0 Å². The molecule has 0 bridgehead atoms. The molecule has 1 aliphatic heterocycles. The molecule has 8 nitrogen and oxygen atoms in total. The fourth-order valence-electron chi connectivity index (χ4n) is 3.42. The first-order valence-corrected chi connectivity index (χ1v) is 8.92. The maximum atomic E-state index is 13.1. The van der Waals surface area contributed by atoms with Crippen molar-refractivity contribution in [1.29, 1.82) is 0 Å². The van der Waals surface area contributed by atoms with Crippen LogP contribution in [0.2, 0.25) is 0 Å². The Morgan fingerprint density at radius 2 is 2.00 bits per heavy atom. The molecule has 4 rings (SSSR count). The van der Waals surface area contributed by atoms with Gasteiger partial charge in [-0.25, -0.2) is 9.67 Å². The highest BCUT2D eigenvalue weighted by atomic mass is 35.5. The monoisotopic (exact) mass is 402 g/mol. The molecular formula is C19H23ClN6O2. The lowest BCUT2D eigenvalue weighted by molar-refractivity contribution is 0.0614. The summed E-state index contributed by atoms with van der Waals surface area (Å²) in [5, 5.41) is 6.27. The highest BCUT2D eigenvalue weighted by Gasteiger charge is 2.32. The minimum atomic E-state index is -0.258. The van der Waals surface area contributed by atoms with E-state index >= 15 is 0 Å². The number of carbonyl (C=O) groups excluding carboxylic acids is 1. The van der Waals surface area contributed by atoms with Gasteiger partial charge in [0.1, 0.15) is 17.6 Å². The number of hydrogen-bond donors (Lipinski definition) is 2. The summed E-state index contributed by atoms with van der Waals surface area (Å²) in [5.74, 6) is 0.614. The van der Waals surface area contributed by atoms with E-state index in [4.69, 9.17) is 0 Å². The van der Waals surface area contributed by atoms with Gasteiger partial charge in [0.25, 0.3) is 11.5 Å². The average Bonchev–Trinajstić information content (AvgIpc) is 3.27. The lowest BCUT2D eigenvalue weighted by Crippen LogP contribution is -2.49. The van der Waals surface area contributed by atoms with Crippen molar-refractivity contribution in [3.63, 3.8) is 0 Å². The molecule has 148 valence electrons. The van der Waals surface area contributed by atoms with Crippen LogP contribution < -0.4 is 10.9 Å². The molecule has 0 spiro atoms. The molecule has 1 atom stereocenters. The van der Waals surface area contributed by atoms with E-state index in [1.807, 2.05) is 49.0 Å². The number of amides is 1. The molecule has 9 heteroatoms. The number of hydrogen-bond acceptors (Lipinski definition) is 4. The fraction of sp³-hybridized carbons (Fsp3) is 0.316. The molecule has 1 amide bonds. The molecule has 1 unspecified atom stereocenters. The van der Waals surface area contributed by atoms with Crippen LogP contribution >= 0.6 is 12.4 Å². The van der Waals surface area contributed by atoms with Crippen molar-refractivity contribution < 1.29 is 4.79 Å². The van der Waals surface area contributed by atoms with Crippen molar-refractivity contribution in [2.75, 3.05) is 19.6 Å². The standard InChI is InChI=1S/C19H22N6O2.ClH/c1-13-3-5-14(6-4-13)25-17(26)11-15(22-25)19(27)24-10-7-20-12-16(24)18-21-8-9-23(18)2;/h3-6,8-9,11,16,20,22H,7,10,12H2,1-2H3;1H. The molecule has 1 saturated heterocycles. The number of carbonyl (C=O) groups is 1. The number of nitrogens with zero attached hydrogens (tertiary/aromatic N) is 4. The number of aromatic amines is 1. The summed E-state index contributed by atoms with van der Waals surface area (Å²) in [6.45, 7) is 3.86. The number of H-pyrrole nitrogens is 1. The number of benzene rings is 1. The molecule has 3 heterocycles. The third-order valence-corrected chi connectivity index (χ3v) is 4.90. The van der Waals surface area contributed by atoms with Gasteiger partial charge in [0, 0.05) is 45.1 Å². The molecule has 0 aliphatic carbocycles. The number of nitrogens with one attached hydrogen (secondary N) is 2. The SMILES string of the molecule is Cc1ccc(-n2[nH]c(C(=O)N3CCNCC3c3nccn3C)cc2=O)cc1.Cl. The van der Waals surface area contributed by atoms with E-state index in [-0.39, 0.29) is 35.6 Å². The zero-order chi connectivity index (χ0) is 19.0. The second-order valence-electron chi connectivity index (χ2n) is 6.79. The summed E-state index contributed by atoms with van der Waals surface area (Å²) in [6.07, 6.45) is 3.59. The Morgan fingerprint density at radius 3 is 2.68 bits per heavy atom. The number of aromatic nitrogens is 4. The third kappa shape index (κ3) is 3.61. The van der Waals surface area contributed by atoms with Gasteiger partial charge in [-0.05, 0) is 19.1 Å². The topological polar surface area (TPSA) is 87.9 Å². The largest absolute Gasteiger partial charge is 0.336 e. The predicted molar refractivity (Wildman–Crippen MR) is 108 cm³/mol. The molecule has 2 aromatic heterocycles. The molecule has 1 fully saturated rings. The Morgan fingerprint density at radius 1 is 1.25 bits per heavy atom. The van der Waals surface area contributed by atoms with Crippen LogP contribution in [0.4, 0.5) is 0 Å². The van der Waals surface area contributed by atoms with Gasteiger partial charge in [0.05, 0.1) is 5.69 Å². The van der Waals surface area contributed by atoms with Crippen molar-refractivity contribution in [2.45, 2.75) is 13.0 Å². The Balaban J connectivity index is 0.00000225. The summed E-state index contributed by atoms with van der Waals surface area (Å²) < 4.78 is 3.31. The molecule has 2 N–H and O–H groups in total. The van der Waals surface area contributed by atoms with Crippen molar-refractivity contribution in [3.05, 3.63) is 70.2 Å². The lowest BCUT2D eigenvalue weighted by Gasteiger charge is -2.35. The fourth-order valence-corrected chi connectivity index (χ4v) is 3.42. The summed E-state index contributed by atoms with van der Waals surface area (Å²) in [4.78, 5) is 31.7. The van der Waals surface area contributed by atoms with Crippen molar-refractivity contribution >= 4 is 18.3 Å². The third-order valence-electron chi connectivity index (χ3n) is 4.90. The second-order valence-corrected chi connectivity index (χ2v) is 6.79. The van der Waals surface area contributed by atoms with Gasteiger partial charge in [0.2, 0.25) is 0 Å². The van der Waals surface area contributed by atoms with Crippen molar-refractivity contribution in [1.82, 2.24) is 29.5 Å². The van der Waals surface area contributed by atoms with Gasteiger partial charge in [-0.15, -0.1) is 12.4 Å². The molecule has 0 radical (unpaired) electrons. The molecule has 3 aromatic rings. The van der Waals surface area contributed by atoms with Crippen LogP contribution in [-0.4, -0.2) is 49.8 Å². The quantitative estimate of drug-likeness (QED) is 0.693. The smallest absolute Gasteiger partial charge is 0.272 e. The lowest BCUT2D eigenvalue weighted by atomic mass is 10.1. The highest BCUT2D eigenvalue weighted by Crippen LogP contribution is 2.22. The van der Waals surface area contributed by atoms with E-state index in [1.165, 1.54) is 10.7 Å². The molecule has 1 aliphatic rings. The first-order chi connectivity index (χ1) is 13.0. The number of rotatable bonds is 3. The van der Waals surface area contributed by atoms with Gasteiger partial charge in [-0.1, -0.05) is 17.7 Å². The first-order valence-electron chi connectivity index (χ1n) is 8.92. The zero-order valence-corrected chi connectivity index (χ0v) is 16.6. The predicted octanol–water partition coefficient (Wildman–Crippen LogP) is 1.42. The van der Waals surface area contributed by atoms with Crippen LogP contribution in [0, 0.1) is 6.92 Å². The normalized spacial score (nSPS) is 16.6. The number of halogens is 1. The first kappa shape index (κ1) is 19.9. The Kier molecular flexibility index (Phi) is 5.71. The van der Waals surface area contributed by atoms with E-state index in [1.54, 1.807) is 11.1 Å². The zero-order valence-electron chi connectivity index (χ0n) is 15.8. The second kappa shape index (κ2) is 8.04. The molecule has 1 aromatic carbocycles.